The number of anilines is 5. The van der Waals surface area contributed by atoms with E-state index < -0.39 is 6.85 Å². The second-order valence-electron chi connectivity index (χ2n) is 18.9. The molecule has 2 atom stereocenters. The van der Waals surface area contributed by atoms with E-state index in [0.717, 1.165) is 35.6 Å². The van der Waals surface area contributed by atoms with Gasteiger partial charge in [0.25, 0.3) is 6.71 Å². The lowest BCUT2D eigenvalue weighted by atomic mass is 9.33. The summed E-state index contributed by atoms with van der Waals surface area (Å²) in [6, 6.07) is 25.1. The Bertz CT molecular complexity index is 2090. The predicted molar refractivity (Wildman–Crippen MR) is 209 cm³/mol. The zero-order valence-electron chi connectivity index (χ0n) is 34.2. The molecule has 2 unspecified atom stereocenters. The standard InChI is InChI=1S/C45H55BN2/c1-28-23-37-39-38(24-28)48-40-33(44(11)21-13-14-22-45(44,48)12)25-31(43(8,9)10)27-35(40)46(39)34-26-30(42(5,6)7)17-20-36(34)47(37)32-18-15-29(16-19-32)41(2,3)4/h15-20,23-27H,13-14,21-22H2,1-12H3/i1D3. The van der Waals surface area contributed by atoms with Crippen LogP contribution in [0.4, 0.5) is 28.4 Å². The van der Waals surface area contributed by atoms with Gasteiger partial charge in [-0.1, -0.05) is 118 Å². The lowest BCUT2D eigenvalue weighted by Gasteiger charge is -2.53. The second kappa shape index (κ2) is 9.83. The van der Waals surface area contributed by atoms with Gasteiger partial charge in [0.15, 0.2) is 0 Å². The van der Waals surface area contributed by atoms with Crippen LogP contribution < -0.4 is 26.2 Å². The van der Waals surface area contributed by atoms with Crippen molar-refractivity contribution in [3.63, 3.8) is 0 Å². The van der Waals surface area contributed by atoms with Crippen molar-refractivity contribution in [2.45, 2.75) is 136 Å². The predicted octanol–water partition coefficient (Wildman–Crippen LogP) is 10.2. The molecule has 8 rings (SSSR count). The number of nitrogens with zero attached hydrogens (tertiary/aromatic N) is 2. The molecular weight excluding hydrogens is 579 g/mol. The topological polar surface area (TPSA) is 6.48 Å². The highest BCUT2D eigenvalue weighted by molar-refractivity contribution is 7.00. The number of benzene rings is 4. The van der Waals surface area contributed by atoms with Gasteiger partial charge in [-0.2, -0.15) is 0 Å². The summed E-state index contributed by atoms with van der Waals surface area (Å²) in [5.41, 5.74) is 15.0. The first kappa shape index (κ1) is 28.4. The molecular formula is C45H55BN2. The molecule has 0 aromatic heterocycles. The van der Waals surface area contributed by atoms with Gasteiger partial charge in [-0.3, -0.25) is 0 Å². The molecule has 248 valence electrons. The summed E-state index contributed by atoms with van der Waals surface area (Å²) in [5.74, 6) is 0. The highest BCUT2D eigenvalue weighted by Crippen LogP contribution is 2.62. The summed E-state index contributed by atoms with van der Waals surface area (Å²) >= 11 is 0. The Morgan fingerprint density at radius 2 is 1.25 bits per heavy atom. The van der Waals surface area contributed by atoms with Crippen LogP contribution in [0, 0.1) is 6.85 Å². The molecule has 48 heavy (non-hydrogen) atoms. The van der Waals surface area contributed by atoms with Crippen LogP contribution in [0.1, 0.15) is 134 Å². The van der Waals surface area contributed by atoms with E-state index in [1.165, 1.54) is 57.2 Å². The SMILES string of the molecule is [2H]C([2H])([2H])c1cc2c3c(c1)N1c4c(cc(C(C)(C)C)cc4C4(C)CCCCC14C)B3c1cc(C(C)(C)C)ccc1N2c1ccc(C(C)(C)C)cc1. The first-order valence-corrected chi connectivity index (χ1v) is 18.3. The molecule has 0 radical (unpaired) electrons. The number of rotatable bonds is 1. The van der Waals surface area contributed by atoms with Crippen molar-refractivity contribution in [3.05, 3.63) is 94.5 Å². The highest BCUT2D eigenvalue weighted by atomic mass is 15.3. The van der Waals surface area contributed by atoms with Gasteiger partial charge in [-0.05, 0) is 117 Å². The Balaban J connectivity index is 1.53. The molecule has 4 aromatic rings. The number of hydrogen-bond donors (Lipinski definition) is 0. The van der Waals surface area contributed by atoms with Crippen LogP contribution in [0.15, 0.2) is 66.7 Å². The molecule has 0 saturated heterocycles. The summed E-state index contributed by atoms with van der Waals surface area (Å²) in [6.07, 6.45) is 4.58. The fraction of sp³-hybridized carbons (Fsp3) is 0.467. The third kappa shape index (κ3) is 4.24. The lowest BCUT2D eigenvalue weighted by Crippen LogP contribution is -2.64. The second-order valence-corrected chi connectivity index (χ2v) is 18.9. The maximum Gasteiger partial charge on any atom is 0.252 e. The van der Waals surface area contributed by atoms with Gasteiger partial charge in [0.2, 0.25) is 0 Å². The first-order valence-electron chi connectivity index (χ1n) is 19.8. The van der Waals surface area contributed by atoms with Crippen LogP contribution in [-0.4, -0.2) is 12.3 Å². The van der Waals surface area contributed by atoms with Crippen LogP contribution in [0.3, 0.4) is 0 Å². The molecule has 3 aliphatic heterocycles. The largest absolute Gasteiger partial charge is 0.335 e. The van der Waals surface area contributed by atoms with E-state index in [1.807, 2.05) is 12.1 Å². The maximum atomic E-state index is 8.78. The molecule has 3 heterocycles. The average Bonchev–Trinajstić information content (AvgIpc) is 3.24. The maximum absolute atomic E-state index is 8.78. The van der Waals surface area contributed by atoms with Crippen molar-refractivity contribution in [3.8, 4) is 0 Å². The quantitative estimate of drug-likeness (QED) is 0.169. The Kier molecular flexibility index (Phi) is 5.81. The van der Waals surface area contributed by atoms with Gasteiger partial charge < -0.3 is 9.80 Å². The van der Waals surface area contributed by atoms with Crippen LogP contribution in [0.2, 0.25) is 0 Å². The van der Waals surface area contributed by atoms with Crippen LogP contribution in [0.5, 0.6) is 0 Å². The third-order valence-corrected chi connectivity index (χ3v) is 12.8. The van der Waals surface area contributed by atoms with E-state index in [0.29, 0.717) is 5.56 Å². The minimum Gasteiger partial charge on any atom is -0.335 e. The lowest BCUT2D eigenvalue weighted by molar-refractivity contribution is 0.195. The smallest absolute Gasteiger partial charge is 0.252 e. The Morgan fingerprint density at radius 3 is 1.90 bits per heavy atom. The van der Waals surface area contributed by atoms with Gasteiger partial charge >= 0.3 is 0 Å². The normalized spacial score (nSPS) is 23.9. The Hall–Kier alpha value is -3.46. The fourth-order valence-electron chi connectivity index (χ4n) is 9.63. The zero-order chi connectivity index (χ0) is 36.8. The molecule has 1 saturated carbocycles. The minimum atomic E-state index is -2.26. The number of hydrogen-bond acceptors (Lipinski definition) is 2. The summed E-state index contributed by atoms with van der Waals surface area (Å²) < 4.78 is 26.3. The van der Waals surface area contributed by atoms with Crippen molar-refractivity contribution in [2.75, 3.05) is 9.80 Å². The van der Waals surface area contributed by atoms with Crippen molar-refractivity contribution >= 4 is 51.5 Å². The molecule has 3 heteroatoms. The average molecular weight is 638 g/mol. The number of aryl methyl sites for hydroxylation is 1. The van der Waals surface area contributed by atoms with Gasteiger partial charge in [0, 0.05) is 38.0 Å². The summed E-state index contributed by atoms with van der Waals surface area (Å²) in [7, 11) is 0. The summed E-state index contributed by atoms with van der Waals surface area (Å²) in [5, 5.41) is 0. The molecule has 0 amide bonds. The molecule has 1 aliphatic carbocycles. The third-order valence-electron chi connectivity index (χ3n) is 12.8. The van der Waals surface area contributed by atoms with Gasteiger partial charge in [-0.25, -0.2) is 0 Å². The molecule has 2 nitrogen and oxygen atoms in total. The highest BCUT2D eigenvalue weighted by Gasteiger charge is 2.61. The van der Waals surface area contributed by atoms with E-state index in [2.05, 4.69) is 141 Å². The monoisotopic (exact) mass is 637 g/mol. The van der Waals surface area contributed by atoms with Crippen LogP contribution in [0.25, 0.3) is 0 Å². The molecule has 0 spiro atoms. The minimum absolute atomic E-state index is 0.0232. The van der Waals surface area contributed by atoms with Gasteiger partial charge in [0.05, 0.1) is 5.54 Å². The summed E-state index contributed by atoms with van der Waals surface area (Å²) in [4.78, 5) is 5.02. The van der Waals surface area contributed by atoms with E-state index in [-0.39, 0.29) is 33.9 Å². The molecule has 4 aromatic carbocycles. The van der Waals surface area contributed by atoms with E-state index in [1.54, 1.807) is 0 Å². The molecule has 4 aliphatic rings. The zero-order valence-corrected chi connectivity index (χ0v) is 31.2. The summed E-state index contributed by atoms with van der Waals surface area (Å²) in [6.45, 7) is 23.4. The molecule has 0 N–H and O–H groups in total. The Morgan fingerprint density at radius 1 is 0.646 bits per heavy atom. The number of fused-ring (bicyclic) bond motifs is 7. The van der Waals surface area contributed by atoms with E-state index >= 15 is 0 Å². The van der Waals surface area contributed by atoms with Crippen LogP contribution in [-0.2, 0) is 21.7 Å². The van der Waals surface area contributed by atoms with E-state index in [9.17, 15) is 0 Å². The van der Waals surface area contributed by atoms with Gasteiger partial charge in [0.1, 0.15) is 0 Å². The van der Waals surface area contributed by atoms with Crippen molar-refractivity contribution in [1.29, 1.82) is 0 Å². The molecule has 0 bridgehead atoms. The van der Waals surface area contributed by atoms with E-state index in [4.69, 9.17) is 4.11 Å². The van der Waals surface area contributed by atoms with Crippen molar-refractivity contribution < 1.29 is 4.11 Å². The van der Waals surface area contributed by atoms with Crippen LogP contribution >= 0.6 is 0 Å². The first-order chi connectivity index (χ1) is 23.6. The fourth-order valence-corrected chi connectivity index (χ4v) is 9.63. The van der Waals surface area contributed by atoms with Crippen molar-refractivity contribution in [2.24, 2.45) is 0 Å². The van der Waals surface area contributed by atoms with Crippen molar-refractivity contribution in [1.82, 2.24) is 0 Å². The Labute approximate surface area is 295 Å². The van der Waals surface area contributed by atoms with Gasteiger partial charge in [-0.15, -0.1) is 0 Å². The molecule has 1 fully saturated rings.